The van der Waals surface area contributed by atoms with Gasteiger partial charge < -0.3 is 19.7 Å². The number of carbonyl (C=O) groups excluding carboxylic acids is 2. The molecule has 1 unspecified atom stereocenters. The van der Waals surface area contributed by atoms with Gasteiger partial charge in [0.2, 0.25) is 18.6 Å². The van der Waals surface area contributed by atoms with Crippen molar-refractivity contribution < 1.29 is 19.1 Å². The zero-order valence-electron chi connectivity index (χ0n) is 19.6. The third-order valence-corrected chi connectivity index (χ3v) is 6.25. The lowest BCUT2D eigenvalue weighted by molar-refractivity contribution is -0.140. The molecule has 1 aromatic heterocycles. The normalized spacial score (nSPS) is 12.9. The fraction of sp³-hybridized carbons (Fsp3) is 0.231. The standard InChI is InChI=1S/C26H24ClN5O4/c1-2-21(26(34)28-19-11-12-23-24(13-19)36-16-35-23)31(14-17-7-9-18(27)10-8-17)25(33)15-32-22-6-4-3-5-20(22)29-30-32/h3-13,21H,2,14-16H2,1H3,(H,28,34). The van der Waals surface area contributed by atoms with Crippen LogP contribution in [-0.2, 0) is 22.7 Å². The summed E-state index contributed by atoms with van der Waals surface area (Å²) in [5, 5.41) is 11.8. The van der Waals surface area contributed by atoms with Gasteiger partial charge in [-0.25, -0.2) is 4.68 Å². The minimum atomic E-state index is -0.728. The Morgan fingerprint density at radius 1 is 1.08 bits per heavy atom. The molecular weight excluding hydrogens is 482 g/mol. The topological polar surface area (TPSA) is 98.6 Å². The van der Waals surface area contributed by atoms with E-state index in [2.05, 4.69) is 15.6 Å². The second-order valence-corrected chi connectivity index (χ2v) is 8.80. The van der Waals surface area contributed by atoms with Gasteiger partial charge in [-0.2, -0.15) is 0 Å². The summed E-state index contributed by atoms with van der Waals surface area (Å²) in [5.41, 5.74) is 2.85. The maximum absolute atomic E-state index is 13.6. The summed E-state index contributed by atoms with van der Waals surface area (Å²) in [4.78, 5) is 28.6. The molecule has 184 valence electrons. The predicted octanol–water partition coefficient (Wildman–Crippen LogP) is 4.26. The summed E-state index contributed by atoms with van der Waals surface area (Å²) < 4.78 is 12.3. The SMILES string of the molecule is CCC(C(=O)Nc1ccc2c(c1)OCO2)N(Cc1ccc(Cl)cc1)C(=O)Cn1nnc2ccccc21. The number of nitrogens with one attached hydrogen (secondary N) is 1. The van der Waals surface area contributed by atoms with E-state index < -0.39 is 6.04 Å². The number of halogens is 1. The van der Waals surface area contributed by atoms with Gasteiger partial charge >= 0.3 is 0 Å². The number of carbonyl (C=O) groups is 2. The van der Waals surface area contributed by atoms with Crippen molar-refractivity contribution in [3.05, 3.63) is 77.3 Å². The number of amides is 2. The molecule has 1 aliphatic heterocycles. The van der Waals surface area contributed by atoms with Crippen LogP contribution in [0.15, 0.2) is 66.7 Å². The number of rotatable bonds is 8. The van der Waals surface area contributed by atoms with Crippen LogP contribution >= 0.6 is 11.6 Å². The zero-order chi connectivity index (χ0) is 25.1. The van der Waals surface area contributed by atoms with Crippen LogP contribution in [0.3, 0.4) is 0 Å². The number of fused-ring (bicyclic) bond motifs is 2. The van der Waals surface area contributed by atoms with Crippen molar-refractivity contribution in [3.63, 3.8) is 0 Å². The quantitative estimate of drug-likeness (QED) is 0.384. The zero-order valence-corrected chi connectivity index (χ0v) is 20.3. The average molecular weight is 506 g/mol. The molecule has 0 bridgehead atoms. The van der Waals surface area contributed by atoms with Crippen molar-refractivity contribution in [2.24, 2.45) is 0 Å². The van der Waals surface area contributed by atoms with E-state index in [1.807, 2.05) is 43.3 Å². The number of nitrogens with zero attached hydrogens (tertiary/aromatic N) is 4. The second-order valence-electron chi connectivity index (χ2n) is 8.37. The van der Waals surface area contributed by atoms with Crippen LogP contribution in [0, 0.1) is 0 Å². The van der Waals surface area contributed by atoms with Crippen LogP contribution in [0.25, 0.3) is 11.0 Å². The van der Waals surface area contributed by atoms with Crippen LogP contribution in [0.5, 0.6) is 11.5 Å². The van der Waals surface area contributed by atoms with Crippen molar-refractivity contribution in [1.82, 2.24) is 19.9 Å². The minimum absolute atomic E-state index is 0.0537. The lowest BCUT2D eigenvalue weighted by Gasteiger charge is -2.30. The van der Waals surface area contributed by atoms with Crippen LogP contribution in [0.1, 0.15) is 18.9 Å². The van der Waals surface area contributed by atoms with Crippen molar-refractivity contribution >= 4 is 40.1 Å². The Kier molecular flexibility index (Phi) is 6.73. The first-order valence-electron chi connectivity index (χ1n) is 11.5. The summed E-state index contributed by atoms with van der Waals surface area (Å²) in [7, 11) is 0. The highest BCUT2D eigenvalue weighted by Crippen LogP contribution is 2.34. The highest BCUT2D eigenvalue weighted by molar-refractivity contribution is 6.30. The van der Waals surface area contributed by atoms with Gasteiger partial charge in [0, 0.05) is 23.3 Å². The molecule has 1 atom stereocenters. The van der Waals surface area contributed by atoms with E-state index in [-0.39, 0.29) is 31.7 Å². The highest BCUT2D eigenvalue weighted by Gasteiger charge is 2.30. The number of ether oxygens (including phenoxy) is 2. The molecule has 0 spiro atoms. The molecular formula is C26H24ClN5O4. The molecule has 0 saturated carbocycles. The van der Waals surface area contributed by atoms with Gasteiger partial charge in [-0.15, -0.1) is 5.10 Å². The van der Waals surface area contributed by atoms with Crippen LogP contribution in [0.4, 0.5) is 5.69 Å². The molecule has 5 rings (SSSR count). The molecule has 3 aromatic carbocycles. The summed E-state index contributed by atoms with van der Waals surface area (Å²) in [6, 6.07) is 19.1. The Hall–Kier alpha value is -4.11. The molecule has 1 aliphatic rings. The fourth-order valence-corrected chi connectivity index (χ4v) is 4.28. The van der Waals surface area contributed by atoms with Crippen LogP contribution in [-0.4, -0.2) is 44.5 Å². The fourth-order valence-electron chi connectivity index (χ4n) is 4.16. The maximum atomic E-state index is 13.6. The largest absolute Gasteiger partial charge is 0.454 e. The summed E-state index contributed by atoms with van der Waals surface area (Å²) in [6.07, 6.45) is 0.411. The lowest BCUT2D eigenvalue weighted by atomic mass is 10.1. The van der Waals surface area contributed by atoms with Gasteiger partial charge in [-0.1, -0.05) is 48.0 Å². The van der Waals surface area contributed by atoms with Crippen LogP contribution < -0.4 is 14.8 Å². The van der Waals surface area contributed by atoms with Crippen molar-refractivity contribution in [2.75, 3.05) is 12.1 Å². The van der Waals surface area contributed by atoms with Crippen molar-refractivity contribution in [2.45, 2.75) is 32.5 Å². The molecule has 36 heavy (non-hydrogen) atoms. The van der Waals surface area contributed by atoms with Crippen LogP contribution in [0.2, 0.25) is 5.02 Å². The maximum Gasteiger partial charge on any atom is 0.247 e. The van der Waals surface area contributed by atoms with E-state index >= 15 is 0 Å². The summed E-state index contributed by atoms with van der Waals surface area (Å²) in [6.45, 7) is 2.19. The van der Waals surface area contributed by atoms with Crippen molar-refractivity contribution in [3.8, 4) is 11.5 Å². The van der Waals surface area contributed by atoms with Gasteiger partial charge in [-0.05, 0) is 48.4 Å². The molecule has 10 heteroatoms. The Balaban J connectivity index is 1.40. The Bertz CT molecular complexity index is 1410. The Labute approximate surface area is 212 Å². The Morgan fingerprint density at radius 3 is 2.67 bits per heavy atom. The molecule has 0 radical (unpaired) electrons. The molecule has 4 aromatic rings. The molecule has 0 aliphatic carbocycles. The van der Waals surface area contributed by atoms with Gasteiger partial charge in [0.05, 0.1) is 5.52 Å². The lowest BCUT2D eigenvalue weighted by Crippen LogP contribution is -2.47. The van der Waals surface area contributed by atoms with Gasteiger partial charge in [0.15, 0.2) is 11.5 Å². The van der Waals surface area contributed by atoms with Crippen molar-refractivity contribution in [1.29, 1.82) is 0 Å². The first-order valence-corrected chi connectivity index (χ1v) is 11.9. The summed E-state index contributed by atoms with van der Waals surface area (Å²) >= 11 is 6.05. The van der Waals surface area contributed by atoms with E-state index in [1.165, 1.54) is 0 Å². The number of anilines is 1. The molecule has 2 amide bonds. The number of hydrogen-bond donors (Lipinski definition) is 1. The van der Waals surface area contributed by atoms with E-state index in [9.17, 15) is 9.59 Å². The monoisotopic (exact) mass is 505 g/mol. The smallest absolute Gasteiger partial charge is 0.247 e. The van der Waals surface area contributed by atoms with Gasteiger partial charge in [-0.3, -0.25) is 9.59 Å². The predicted molar refractivity (Wildman–Crippen MR) is 135 cm³/mol. The van der Waals surface area contributed by atoms with E-state index in [0.29, 0.717) is 34.1 Å². The second kappa shape index (κ2) is 10.2. The molecule has 2 heterocycles. The number of aromatic nitrogens is 3. The summed E-state index contributed by atoms with van der Waals surface area (Å²) in [5.74, 6) is 0.628. The van der Waals surface area contributed by atoms with E-state index in [4.69, 9.17) is 21.1 Å². The average Bonchev–Trinajstić information content (AvgIpc) is 3.52. The molecule has 0 fully saturated rings. The first kappa shape index (κ1) is 23.6. The highest BCUT2D eigenvalue weighted by atomic mass is 35.5. The number of hydrogen-bond acceptors (Lipinski definition) is 6. The molecule has 9 nitrogen and oxygen atoms in total. The van der Waals surface area contributed by atoms with E-state index in [0.717, 1.165) is 11.1 Å². The third-order valence-electron chi connectivity index (χ3n) is 6.00. The first-order chi connectivity index (χ1) is 17.5. The Morgan fingerprint density at radius 2 is 1.86 bits per heavy atom. The molecule has 1 N–H and O–H groups in total. The van der Waals surface area contributed by atoms with E-state index in [1.54, 1.807) is 39.9 Å². The number of benzene rings is 3. The van der Waals surface area contributed by atoms with Gasteiger partial charge in [0.1, 0.15) is 18.1 Å². The third kappa shape index (κ3) is 4.96. The number of para-hydroxylation sites is 1. The molecule has 0 saturated heterocycles. The minimum Gasteiger partial charge on any atom is -0.454 e. The van der Waals surface area contributed by atoms with Gasteiger partial charge in [0.25, 0.3) is 0 Å².